The normalized spacial score (nSPS) is 10.2. The molecule has 5 heteroatoms. The van der Waals surface area contributed by atoms with Gasteiger partial charge in [-0.25, -0.2) is 4.39 Å². The van der Waals surface area contributed by atoms with Gasteiger partial charge in [0.05, 0.1) is 5.02 Å². The summed E-state index contributed by atoms with van der Waals surface area (Å²) in [5.74, 6) is -1.51. The van der Waals surface area contributed by atoms with E-state index in [1.54, 1.807) is 0 Å². The highest BCUT2D eigenvalue weighted by Gasteiger charge is 2.09. The molecule has 0 bridgehead atoms. The van der Waals surface area contributed by atoms with Crippen LogP contribution in [0.4, 0.5) is 8.78 Å². The van der Waals surface area contributed by atoms with Gasteiger partial charge in [-0.3, -0.25) is 0 Å². The lowest BCUT2D eigenvalue weighted by Crippen LogP contribution is -1.92. The summed E-state index contributed by atoms with van der Waals surface area (Å²) in [7, 11) is 0. The summed E-state index contributed by atoms with van der Waals surface area (Å²) in [5.41, 5.74) is 0. The SMILES string of the molecule is Fc1cccc(Oc2cccc(Cl)c2F)n1. The second-order valence-corrected chi connectivity index (χ2v) is 3.36. The minimum absolute atomic E-state index is 0.0267. The molecule has 2 rings (SSSR count). The van der Waals surface area contributed by atoms with Crippen molar-refractivity contribution in [2.45, 2.75) is 0 Å². The predicted molar refractivity (Wildman–Crippen MR) is 55.7 cm³/mol. The third-order valence-electron chi connectivity index (χ3n) is 1.82. The van der Waals surface area contributed by atoms with Crippen molar-refractivity contribution in [3.05, 3.63) is 53.2 Å². The summed E-state index contributed by atoms with van der Waals surface area (Å²) in [6.45, 7) is 0. The third kappa shape index (κ3) is 2.28. The fraction of sp³-hybridized carbons (Fsp3) is 0. The van der Waals surface area contributed by atoms with Crippen molar-refractivity contribution in [1.29, 1.82) is 0 Å². The van der Waals surface area contributed by atoms with E-state index in [0.29, 0.717) is 0 Å². The van der Waals surface area contributed by atoms with Crippen molar-refractivity contribution in [3.63, 3.8) is 0 Å². The molecule has 2 aromatic rings. The molecule has 0 saturated carbocycles. The minimum atomic E-state index is -0.699. The van der Waals surface area contributed by atoms with Crippen LogP contribution >= 0.6 is 11.6 Å². The molecule has 1 heterocycles. The zero-order valence-corrected chi connectivity index (χ0v) is 8.71. The van der Waals surface area contributed by atoms with Gasteiger partial charge < -0.3 is 4.74 Å². The van der Waals surface area contributed by atoms with Crippen LogP contribution in [0.2, 0.25) is 5.02 Å². The van der Waals surface area contributed by atoms with Crippen LogP contribution in [0.25, 0.3) is 0 Å². The first-order chi connectivity index (χ1) is 7.66. The summed E-state index contributed by atoms with van der Waals surface area (Å²) < 4.78 is 31.2. The first-order valence-corrected chi connectivity index (χ1v) is 4.79. The highest BCUT2D eigenvalue weighted by atomic mass is 35.5. The van der Waals surface area contributed by atoms with Gasteiger partial charge in [0, 0.05) is 6.07 Å². The van der Waals surface area contributed by atoms with Crippen LogP contribution in [0.1, 0.15) is 0 Å². The monoisotopic (exact) mass is 241 g/mol. The molecule has 0 N–H and O–H groups in total. The van der Waals surface area contributed by atoms with Gasteiger partial charge in [0.2, 0.25) is 11.8 Å². The van der Waals surface area contributed by atoms with Gasteiger partial charge in [-0.05, 0) is 18.2 Å². The van der Waals surface area contributed by atoms with Gasteiger partial charge in [-0.15, -0.1) is 0 Å². The van der Waals surface area contributed by atoms with Crippen molar-refractivity contribution in [2.24, 2.45) is 0 Å². The summed E-state index contributed by atoms with van der Waals surface area (Å²) in [6.07, 6.45) is 0. The lowest BCUT2D eigenvalue weighted by Gasteiger charge is -2.05. The summed E-state index contributed by atoms with van der Waals surface area (Å²) in [6, 6.07) is 8.31. The van der Waals surface area contributed by atoms with E-state index in [2.05, 4.69) is 4.98 Å². The molecule has 0 saturated heterocycles. The van der Waals surface area contributed by atoms with E-state index in [9.17, 15) is 8.78 Å². The van der Waals surface area contributed by atoms with Gasteiger partial charge in [-0.2, -0.15) is 9.37 Å². The number of nitrogens with zero attached hydrogens (tertiary/aromatic N) is 1. The molecular weight excluding hydrogens is 236 g/mol. The molecule has 1 aromatic carbocycles. The predicted octanol–water partition coefficient (Wildman–Crippen LogP) is 3.81. The molecule has 1 aromatic heterocycles. The summed E-state index contributed by atoms with van der Waals surface area (Å²) in [5, 5.41) is -0.0612. The second-order valence-electron chi connectivity index (χ2n) is 2.95. The van der Waals surface area contributed by atoms with Crippen LogP contribution in [0.5, 0.6) is 11.6 Å². The number of halogens is 3. The fourth-order valence-electron chi connectivity index (χ4n) is 1.12. The summed E-state index contributed by atoms with van der Waals surface area (Å²) >= 11 is 5.56. The number of rotatable bonds is 2. The minimum Gasteiger partial charge on any atom is -0.436 e. The van der Waals surface area contributed by atoms with Crippen molar-refractivity contribution in [2.75, 3.05) is 0 Å². The largest absolute Gasteiger partial charge is 0.436 e. The number of hydrogen-bond donors (Lipinski definition) is 0. The van der Waals surface area contributed by atoms with Crippen LogP contribution in [-0.2, 0) is 0 Å². The number of ether oxygens (including phenoxy) is 1. The average Bonchev–Trinajstić information content (AvgIpc) is 2.25. The van der Waals surface area contributed by atoms with Crippen molar-refractivity contribution >= 4 is 11.6 Å². The maximum Gasteiger partial charge on any atom is 0.222 e. The molecule has 0 aliphatic rings. The summed E-state index contributed by atoms with van der Waals surface area (Å²) in [4.78, 5) is 3.44. The Bertz CT molecular complexity index is 519. The van der Waals surface area contributed by atoms with E-state index in [0.717, 1.165) is 0 Å². The smallest absolute Gasteiger partial charge is 0.222 e. The molecule has 16 heavy (non-hydrogen) atoms. The topological polar surface area (TPSA) is 22.1 Å². The molecule has 0 radical (unpaired) electrons. The number of benzene rings is 1. The Morgan fingerprint density at radius 2 is 1.81 bits per heavy atom. The molecule has 0 fully saturated rings. The van der Waals surface area contributed by atoms with Crippen LogP contribution in [0.3, 0.4) is 0 Å². The quantitative estimate of drug-likeness (QED) is 0.746. The number of aromatic nitrogens is 1. The van der Waals surface area contributed by atoms with Crippen molar-refractivity contribution in [1.82, 2.24) is 4.98 Å². The Hall–Kier alpha value is -1.68. The lowest BCUT2D eigenvalue weighted by atomic mass is 10.3. The first-order valence-electron chi connectivity index (χ1n) is 4.41. The Labute approximate surface area is 95.5 Å². The van der Waals surface area contributed by atoms with Crippen LogP contribution < -0.4 is 4.74 Å². The van der Waals surface area contributed by atoms with E-state index in [1.807, 2.05) is 0 Å². The number of hydrogen-bond acceptors (Lipinski definition) is 2. The second kappa shape index (κ2) is 4.45. The van der Waals surface area contributed by atoms with E-state index in [1.165, 1.54) is 36.4 Å². The average molecular weight is 242 g/mol. The van der Waals surface area contributed by atoms with Gasteiger partial charge >= 0.3 is 0 Å². The Balaban J connectivity index is 2.31. The number of pyridine rings is 1. The Morgan fingerprint density at radius 3 is 2.56 bits per heavy atom. The Kier molecular flexibility index (Phi) is 3.01. The van der Waals surface area contributed by atoms with Gasteiger partial charge in [0.1, 0.15) is 0 Å². The van der Waals surface area contributed by atoms with Crippen LogP contribution in [0, 0.1) is 11.8 Å². The first kappa shape index (κ1) is 10.8. The molecule has 0 atom stereocenters. The van der Waals surface area contributed by atoms with E-state index in [-0.39, 0.29) is 16.7 Å². The zero-order chi connectivity index (χ0) is 11.5. The van der Waals surface area contributed by atoms with Crippen LogP contribution in [-0.4, -0.2) is 4.98 Å². The molecular formula is C11H6ClF2NO. The molecule has 0 aliphatic carbocycles. The van der Waals surface area contributed by atoms with E-state index >= 15 is 0 Å². The fourth-order valence-corrected chi connectivity index (χ4v) is 1.29. The van der Waals surface area contributed by atoms with E-state index in [4.69, 9.17) is 16.3 Å². The van der Waals surface area contributed by atoms with Crippen LogP contribution in [0.15, 0.2) is 36.4 Å². The van der Waals surface area contributed by atoms with Gasteiger partial charge in [0.15, 0.2) is 11.6 Å². The van der Waals surface area contributed by atoms with E-state index < -0.39 is 11.8 Å². The van der Waals surface area contributed by atoms with Gasteiger partial charge in [0.25, 0.3) is 0 Å². The highest BCUT2D eigenvalue weighted by Crippen LogP contribution is 2.27. The third-order valence-corrected chi connectivity index (χ3v) is 2.11. The molecule has 0 spiro atoms. The highest BCUT2D eigenvalue weighted by molar-refractivity contribution is 6.30. The van der Waals surface area contributed by atoms with Gasteiger partial charge in [-0.1, -0.05) is 23.7 Å². The molecule has 0 aliphatic heterocycles. The zero-order valence-electron chi connectivity index (χ0n) is 7.95. The molecule has 2 nitrogen and oxygen atoms in total. The molecule has 0 amide bonds. The standard InChI is InChI=1S/C11H6ClF2NO/c12-7-3-1-4-8(11(7)14)16-10-6-2-5-9(13)15-10/h1-6H. The maximum absolute atomic E-state index is 13.4. The van der Waals surface area contributed by atoms with Crippen molar-refractivity contribution in [3.8, 4) is 11.6 Å². The Morgan fingerprint density at radius 1 is 1.06 bits per heavy atom. The molecule has 82 valence electrons. The maximum atomic E-state index is 13.4. The lowest BCUT2D eigenvalue weighted by molar-refractivity contribution is 0.416. The molecule has 0 unspecified atom stereocenters. The van der Waals surface area contributed by atoms with Crippen molar-refractivity contribution < 1.29 is 13.5 Å².